The van der Waals surface area contributed by atoms with Gasteiger partial charge in [0.05, 0.1) is 10.0 Å². The van der Waals surface area contributed by atoms with E-state index in [1.54, 1.807) is 23.1 Å². The lowest BCUT2D eigenvalue weighted by molar-refractivity contribution is -0.124. The van der Waals surface area contributed by atoms with Gasteiger partial charge in [0.25, 0.3) is 5.91 Å². The number of carbonyl (C=O) groups is 2. The first-order chi connectivity index (χ1) is 12.1. The van der Waals surface area contributed by atoms with Gasteiger partial charge in [0, 0.05) is 25.2 Å². The molecule has 0 bridgehead atoms. The first-order valence-electron chi connectivity index (χ1n) is 8.48. The summed E-state index contributed by atoms with van der Waals surface area (Å²) < 4.78 is 0. The van der Waals surface area contributed by atoms with Crippen LogP contribution in [0, 0.1) is 0 Å². The van der Waals surface area contributed by atoms with Gasteiger partial charge >= 0.3 is 0 Å². The van der Waals surface area contributed by atoms with Crippen LogP contribution in [0.5, 0.6) is 0 Å². The quantitative estimate of drug-likeness (QED) is 0.739. The van der Waals surface area contributed by atoms with Crippen LogP contribution in [0.25, 0.3) is 0 Å². The molecule has 142 valence electrons. The third-order valence-electron chi connectivity index (χ3n) is 4.63. The molecule has 1 saturated heterocycles. The minimum atomic E-state index is -0.427. The number of hydrogen-bond acceptors (Lipinski definition) is 3. The largest absolute Gasteiger partial charge is 0.351 e. The third kappa shape index (κ3) is 4.92. The molecule has 2 amide bonds. The van der Waals surface area contributed by atoms with Gasteiger partial charge in [-0.15, -0.1) is 12.4 Å². The van der Waals surface area contributed by atoms with Crippen molar-refractivity contribution in [1.29, 1.82) is 0 Å². The van der Waals surface area contributed by atoms with Crippen molar-refractivity contribution in [2.24, 2.45) is 0 Å². The van der Waals surface area contributed by atoms with E-state index in [2.05, 4.69) is 16.7 Å². The van der Waals surface area contributed by atoms with Crippen LogP contribution < -0.4 is 10.6 Å². The molecule has 1 aromatic carbocycles. The summed E-state index contributed by atoms with van der Waals surface area (Å²) in [5, 5.41) is 6.96. The summed E-state index contributed by atoms with van der Waals surface area (Å²) in [7, 11) is 0. The first kappa shape index (κ1) is 21.0. The molecular weight excluding hydrogens is 397 g/mol. The van der Waals surface area contributed by atoms with Crippen molar-refractivity contribution in [1.82, 2.24) is 15.5 Å². The van der Waals surface area contributed by atoms with Crippen LogP contribution in [0.1, 0.15) is 29.6 Å². The van der Waals surface area contributed by atoms with E-state index in [0.29, 0.717) is 35.1 Å². The molecule has 1 aromatic rings. The van der Waals surface area contributed by atoms with E-state index in [1.807, 2.05) is 0 Å². The molecular formula is C18H22Cl3N3O2. The molecule has 5 nitrogen and oxygen atoms in total. The Balaban J connectivity index is 0.00000243. The van der Waals surface area contributed by atoms with Crippen LogP contribution in [0.4, 0.5) is 0 Å². The number of hydrogen-bond donors (Lipinski definition) is 2. The molecule has 8 heteroatoms. The van der Waals surface area contributed by atoms with Crippen molar-refractivity contribution in [3.05, 3.63) is 45.5 Å². The zero-order valence-corrected chi connectivity index (χ0v) is 16.6. The molecule has 2 aliphatic rings. The van der Waals surface area contributed by atoms with Crippen molar-refractivity contribution < 1.29 is 9.59 Å². The lowest BCUT2D eigenvalue weighted by atomic mass is 10.1. The predicted octanol–water partition coefficient (Wildman–Crippen LogP) is 3.06. The molecule has 1 atom stereocenters. The third-order valence-corrected chi connectivity index (χ3v) is 5.37. The fraction of sp³-hybridized carbons (Fsp3) is 0.444. The Bertz CT molecular complexity index is 709. The van der Waals surface area contributed by atoms with Gasteiger partial charge in [-0.1, -0.05) is 34.9 Å². The molecule has 26 heavy (non-hydrogen) atoms. The summed E-state index contributed by atoms with van der Waals surface area (Å²) in [4.78, 5) is 26.9. The van der Waals surface area contributed by atoms with Gasteiger partial charge in [-0.25, -0.2) is 0 Å². The second kappa shape index (κ2) is 9.60. The van der Waals surface area contributed by atoms with Gasteiger partial charge in [0.2, 0.25) is 5.91 Å². The number of nitrogens with one attached hydrogen (secondary N) is 2. The van der Waals surface area contributed by atoms with E-state index < -0.39 is 6.04 Å². The van der Waals surface area contributed by atoms with E-state index in [9.17, 15) is 9.59 Å². The van der Waals surface area contributed by atoms with Gasteiger partial charge in [-0.3, -0.25) is 9.59 Å². The summed E-state index contributed by atoms with van der Waals surface area (Å²) in [6.07, 6.45) is 4.55. The van der Waals surface area contributed by atoms with Crippen LogP contribution in [0.3, 0.4) is 0 Å². The van der Waals surface area contributed by atoms with Gasteiger partial charge in [0.15, 0.2) is 0 Å². The average Bonchev–Trinajstić information content (AvgIpc) is 3.12. The minimum absolute atomic E-state index is 0. The Kier molecular flexibility index (Phi) is 7.77. The number of amides is 2. The second-order valence-corrected chi connectivity index (χ2v) is 7.13. The molecule has 0 saturated carbocycles. The van der Waals surface area contributed by atoms with Crippen LogP contribution in [-0.4, -0.2) is 48.9 Å². The van der Waals surface area contributed by atoms with Crippen LogP contribution in [0.15, 0.2) is 29.8 Å². The lowest BCUT2D eigenvalue weighted by Gasteiger charge is -2.25. The molecule has 2 N–H and O–H groups in total. The number of benzene rings is 1. The van der Waals surface area contributed by atoms with Crippen molar-refractivity contribution in [2.45, 2.75) is 25.3 Å². The molecule has 1 unspecified atom stereocenters. The first-order valence-corrected chi connectivity index (χ1v) is 9.24. The number of carbonyl (C=O) groups excluding carboxylic acids is 2. The second-order valence-electron chi connectivity index (χ2n) is 6.32. The summed E-state index contributed by atoms with van der Waals surface area (Å²) >= 11 is 11.9. The highest BCUT2D eigenvalue weighted by Crippen LogP contribution is 2.26. The Morgan fingerprint density at radius 2 is 2.08 bits per heavy atom. The summed E-state index contributed by atoms with van der Waals surface area (Å²) in [5.74, 6) is -0.275. The number of halogens is 3. The van der Waals surface area contributed by atoms with Crippen LogP contribution in [0.2, 0.25) is 10.0 Å². The molecule has 0 radical (unpaired) electrons. The Labute approximate surface area is 169 Å². The average molecular weight is 419 g/mol. The number of rotatable bonds is 4. The number of likely N-dealkylation sites (tertiary alicyclic amines) is 1. The summed E-state index contributed by atoms with van der Waals surface area (Å²) in [6, 6.07) is 4.37. The van der Waals surface area contributed by atoms with E-state index in [-0.39, 0.29) is 24.2 Å². The highest BCUT2D eigenvalue weighted by molar-refractivity contribution is 6.42. The smallest absolute Gasteiger partial charge is 0.254 e. The maximum Gasteiger partial charge on any atom is 0.254 e. The van der Waals surface area contributed by atoms with Gasteiger partial charge in [-0.2, -0.15) is 0 Å². The topological polar surface area (TPSA) is 61.4 Å². The highest BCUT2D eigenvalue weighted by atomic mass is 35.5. The Morgan fingerprint density at radius 1 is 1.27 bits per heavy atom. The maximum atomic E-state index is 12.8. The van der Waals surface area contributed by atoms with Gasteiger partial charge < -0.3 is 15.5 Å². The van der Waals surface area contributed by atoms with Gasteiger partial charge in [-0.05, 0) is 44.0 Å². The van der Waals surface area contributed by atoms with Crippen LogP contribution in [-0.2, 0) is 4.79 Å². The number of nitrogens with zero attached hydrogens (tertiary/aromatic N) is 1. The molecule has 3 rings (SSSR count). The zero-order valence-electron chi connectivity index (χ0n) is 14.3. The van der Waals surface area contributed by atoms with Crippen molar-refractivity contribution in [3.8, 4) is 0 Å². The molecule has 1 fully saturated rings. The fourth-order valence-electron chi connectivity index (χ4n) is 3.23. The zero-order chi connectivity index (χ0) is 17.8. The van der Waals surface area contributed by atoms with Crippen LogP contribution >= 0.6 is 35.6 Å². The highest BCUT2D eigenvalue weighted by Gasteiger charge is 2.34. The van der Waals surface area contributed by atoms with E-state index in [4.69, 9.17) is 23.2 Å². The van der Waals surface area contributed by atoms with E-state index >= 15 is 0 Å². The SMILES string of the molecule is Cl.O=C(NCC1=CCNCC1)C1CCCN1C(=O)c1ccc(Cl)c(Cl)c1. The molecule has 2 aliphatic heterocycles. The minimum Gasteiger partial charge on any atom is -0.351 e. The van der Waals surface area contributed by atoms with Crippen molar-refractivity contribution in [2.75, 3.05) is 26.2 Å². The van der Waals surface area contributed by atoms with E-state index in [0.717, 1.165) is 25.9 Å². The molecule has 2 heterocycles. The molecule has 0 aromatic heterocycles. The Morgan fingerprint density at radius 3 is 2.77 bits per heavy atom. The standard InChI is InChI=1S/C18H21Cl2N3O2.ClH/c19-14-4-3-13(10-15(14)20)18(25)23-9-1-2-16(23)17(24)22-11-12-5-7-21-8-6-12;/h3-5,10,16,21H,1-2,6-9,11H2,(H,22,24);1H. The molecule has 0 spiro atoms. The Hall–Kier alpha value is -1.27. The monoisotopic (exact) mass is 417 g/mol. The van der Waals surface area contributed by atoms with E-state index in [1.165, 1.54) is 5.57 Å². The normalized spacial score (nSPS) is 19.5. The summed E-state index contributed by atoms with van der Waals surface area (Å²) in [6.45, 7) is 2.90. The lowest BCUT2D eigenvalue weighted by Crippen LogP contribution is -2.46. The van der Waals surface area contributed by atoms with Gasteiger partial charge in [0.1, 0.15) is 6.04 Å². The van der Waals surface area contributed by atoms with Crippen molar-refractivity contribution >= 4 is 47.4 Å². The fourth-order valence-corrected chi connectivity index (χ4v) is 3.52. The predicted molar refractivity (Wildman–Crippen MR) is 106 cm³/mol. The maximum absolute atomic E-state index is 12.8. The summed E-state index contributed by atoms with van der Waals surface area (Å²) in [5.41, 5.74) is 1.68. The van der Waals surface area contributed by atoms with Crippen molar-refractivity contribution in [3.63, 3.8) is 0 Å². The molecule has 0 aliphatic carbocycles.